The molecule has 1 aromatic carbocycles. The summed E-state index contributed by atoms with van der Waals surface area (Å²) in [5.41, 5.74) is 1.58. The number of benzene rings is 1. The lowest BCUT2D eigenvalue weighted by Gasteiger charge is -2.16. The van der Waals surface area contributed by atoms with Crippen molar-refractivity contribution < 1.29 is 32.3 Å². The van der Waals surface area contributed by atoms with Crippen LogP contribution in [0.5, 0.6) is 0 Å². The third-order valence-corrected chi connectivity index (χ3v) is 3.80. The minimum atomic E-state index is -4.73. The highest BCUT2D eigenvalue weighted by Crippen LogP contribution is 2.24. The molecule has 0 unspecified atom stereocenters. The van der Waals surface area contributed by atoms with E-state index < -0.39 is 36.3 Å². The molecule has 140 valence electrons. The number of rotatable bonds is 5. The number of amides is 1. The number of hydrogen-bond donors (Lipinski definition) is 2. The van der Waals surface area contributed by atoms with Crippen LogP contribution in [0.1, 0.15) is 28.2 Å². The maximum Gasteiger partial charge on any atom is 0.391 e. The summed E-state index contributed by atoms with van der Waals surface area (Å²) >= 11 is 0. The number of hydrogen-bond acceptors (Lipinski definition) is 2. The van der Waals surface area contributed by atoms with Gasteiger partial charge in [-0.05, 0) is 44.2 Å². The number of carboxylic acid groups (broad SMARTS) is 1. The number of carbonyl (C=O) groups is 2. The summed E-state index contributed by atoms with van der Waals surface area (Å²) in [6.45, 7) is 3.22. The fourth-order valence-corrected chi connectivity index (χ4v) is 2.65. The summed E-state index contributed by atoms with van der Waals surface area (Å²) in [5, 5.41) is 10.8. The van der Waals surface area contributed by atoms with Crippen LogP contribution in [0.4, 0.5) is 17.6 Å². The molecule has 5 nitrogen and oxygen atoms in total. The molecule has 2 aromatic rings. The second-order valence-electron chi connectivity index (χ2n) is 5.78. The van der Waals surface area contributed by atoms with Crippen LogP contribution in [0, 0.1) is 19.7 Å². The highest BCUT2D eigenvalue weighted by atomic mass is 19.4. The zero-order valence-electron chi connectivity index (χ0n) is 13.9. The van der Waals surface area contributed by atoms with E-state index in [9.17, 15) is 27.2 Å². The molecule has 9 heteroatoms. The van der Waals surface area contributed by atoms with E-state index in [2.05, 4.69) is 0 Å². The normalized spacial score (nSPS) is 12.7. The minimum absolute atomic E-state index is 0.0419. The Hall–Kier alpha value is -2.84. The van der Waals surface area contributed by atoms with Crippen molar-refractivity contribution in [2.45, 2.75) is 32.5 Å². The Balaban J connectivity index is 2.31. The molecule has 1 aromatic heterocycles. The van der Waals surface area contributed by atoms with Gasteiger partial charge >= 0.3 is 12.1 Å². The van der Waals surface area contributed by atoms with Crippen molar-refractivity contribution in [1.29, 1.82) is 0 Å². The van der Waals surface area contributed by atoms with E-state index in [1.54, 1.807) is 18.4 Å². The van der Waals surface area contributed by atoms with Gasteiger partial charge < -0.3 is 15.0 Å². The first-order valence-electron chi connectivity index (χ1n) is 7.55. The molecule has 0 fully saturated rings. The van der Waals surface area contributed by atoms with Crippen molar-refractivity contribution in [3.05, 3.63) is 53.1 Å². The summed E-state index contributed by atoms with van der Waals surface area (Å²) in [6, 6.07) is 4.79. The number of aliphatic carboxylic acids is 1. The largest absolute Gasteiger partial charge is 0.480 e. The molecule has 1 heterocycles. The highest BCUT2D eigenvalue weighted by molar-refractivity contribution is 5.98. The summed E-state index contributed by atoms with van der Waals surface area (Å²) in [6.07, 6.45) is -6.41. The van der Waals surface area contributed by atoms with Gasteiger partial charge in [0, 0.05) is 17.1 Å². The monoisotopic (exact) mass is 372 g/mol. The lowest BCUT2D eigenvalue weighted by atomic mass is 10.1. The molecule has 0 radical (unpaired) electrons. The van der Waals surface area contributed by atoms with Crippen LogP contribution in [-0.2, 0) is 4.79 Å². The van der Waals surface area contributed by atoms with Crippen LogP contribution in [0.25, 0.3) is 5.69 Å². The number of carbonyl (C=O) groups excluding carboxylic acids is 1. The van der Waals surface area contributed by atoms with Crippen molar-refractivity contribution in [1.82, 2.24) is 9.88 Å². The molecule has 0 aliphatic carbocycles. The zero-order valence-corrected chi connectivity index (χ0v) is 13.9. The predicted octanol–water partition coefficient (Wildman–Crippen LogP) is 3.37. The minimum Gasteiger partial charge on any atom is -0.480 e. The molecule has 1 atom stereocenters. The fourth-order valence-electron chi connectivity index (χ4n) is 2.65. The van der Waals surface area contributed by atoms with Gasteiger partial charge in [-0.1, -0.05) is 0 Å². The van der Waals surface area contributed by atoms with Crippen LogP contribution in [0.3, 0.4) is 0 Å². The van der Waals surface area contributed by atoms with E-state index in [1.165, 1.54) is 30.3 Å². The molecule has 0 aliphatic rings. The summed E-state index contributed by atoms with van der Waals surface area (Å²) in [7, 11) is 0. The van der Waals surface area contributed by atoms with Gasteiger partial charge in [-0.15, -0.1) is 0 Å². The molecule has 0 spiro atoms. The first-order chi connectivity index (χ1) is 12.0. The van der Waals surface area contributed by atoms with E-state index >= 15 is 0 Å². The van der Waals surface area contributed by atoms with Crippen LogP contribution in [-0.4, -0.2) is 33.8 Å². The van der Waals surface area contributed by atoms with Crippen molar-refractivity contribution in [3.8, 4) is 5.69 Å². The first-order valence-corrected chi connectivity index (χ1v) is 7.55. The maximum absolute atomic E-state index is 13.1. The molecular formula is C17H16F4N2O3. The molecule has 1 amide bonds. The van der Waals surface area contributed by atoms with E-state index in [0.29, 0.717) is 17.1 Å². The van der Waals surface area contributed by atoms with Gasteiger partial charge in [-0.25, -0.2) is 9.18 Å². The highest BCUT2D eigenvalue weighted by Gasteiger charge is 2.36. The Labute approximate surface area is 146 Å². The van der Waals surface area contributed by atoms with E-state index in [-0.39, 0.29) is 5.56 Å². The van der Waals surface area contributed by atoms with Crippen molar-refractivity contribution in [2.75, 3.05) is 0 Å². The standard InChI is InChI=1S/C17H16F4N2O3/c1-9-7-13(10(2)23(9)12-5-3-11(18)4-6-12)15(24)22-14(16(25)26)8-17(19,20)21/h3-7,14H,8H2,1-2H3,(H,22,24)(H,25,26)/t14-/m0/s1. The second-order valence-corrected chi connectivity index (χ2v) is 5.78. The molecule has 26 heavy (non-hydrogen) atoms. The van der Waals surface area contributed by atoms with Gasteiger partial charge in [0.2, 0.25) is 0 Å². The smallest absolute Gasteiger partial charge is 0.391 e. The van der Waals surface area contributed by atoms with Crippen LogP contribution >= 0.6 is 0 Å². The Morgan fingerprint density at radius 3 is 2.27 bits per heavy atom. The lowest BCUT2D eigenvalue weighted by Crippen LogP contribution is -2.43. The van der Waals surface area contributed by atoms with E-state index in [1.807, 2.05) is 5.32 Å². The Morgan fingerprint density at radius 1 is 1.19 bits per heavy atom. The average Bonchev–Trinajstić information content (AvgIpc) is 2.81. The molecule has 2 rings (SSSR count). The Bertz CT molecular complexity index is 826. The maximum atomic E-state index is 13.1. The average molecular weight is 372 g/mol. The third-order valence-electron chi connectivity index (χ3n) is 3.80. The Kier molecular flexibility index (Phi) is 5.38. The molecule has 0 saturated heterocycles. The predicted molar refractivity (Wildman–Crippen MR) is 84.8 cm³/mol. The van der Waals surface area contributed by atoms with Gasteiger partial charge in [-0.3, -0.25) is 4.79 Å². The third kappa shape index (κ3) is 4.41. The number of alkyl halides is 3. The molecule has 0 aliphatic heterocycles. The van der Waals surface area contributed by atoms with E-state index in [4.69, 9.17) is 5.11 Å². The topological polar surface area (TPSA) is 71.3 Å². The molecule has 0 bridgehead atoms. The molecule has 2 N–H and O–H groups in total. The molecule has 0 saturated carbocycles. The van der Waals surface area contributed by atoms with Crippen LogP contribution in [0.15, 0.2) is 30.3 Å². The fraction of sp³-hybridized carbons (Fsp3) is 0.294. The SMILES string of the molecule is Cc1cc(C(=O)N[C@@H](CC(F)(F)F)C(=O)O)c(C)n1-c1ccc(F)cc1. The van der Waals surface area contributed by atoms with Gasteiger partial charge in [-0.2, -0.15) is 13.2 Å². The number of nitrogens with zero attached hydrogens (tertiary/aromatic N) is 1. The first kappa shape index (κ1) is 19.5. The number of carboxylic acids is 1. The summed E-state index contributed by atoms with van der Waals surface area (Å²) < 4.78 is 52.1. The van der Waals surface area contributed by atoms with Crippen LogP contribution in [0.2, 0.25) is 0 Å². The number of nitrogens with one attached hydrogen (secondary N) is 1. The molecular weight excluding hydrogens is 356 g/mol. The van der Waals surface area contributed by atoms with Gasteiger partial charge in [0.05, 0.1) is 12.0 Å². The summed E-state index contributed by atoms with van der Waals surface area (Å²) in [5.74, 6) is -3.14. The van der Waals surface area contributed by atoms with Gasteiger partial charge in [0.1, 0.15) is 11.9 Å². The lowest BCUT2D eigenvalue weighted by molar-refractivity contribution is -0.157. The van der Waals surface area contributed by atoms with Crippen molar-refractivity contribution >= 4 is 11.9 Å². The number of aromatic nitrogens is 1. The second kappa shape index (κ2) is 7.19. The van der Waals surface area contributed by atoms with E-state index in [0.717, 1.165) is 0 Å². The zero-order chi connectivity index (χ0) is 19.6. The quantitative estimate of drug-likeness (QED) is 0.791. The van der Waals surface area contributed by atoms with Crippen molar-refractivity contribution in [2.24, 2.45) is 0 Å². The van der Waals surface area contributed by atoms with Gasteiger partial charge in [0.25, 0.3) is 5.91 Å². The Morgan fingerprint density at radius 2 is 1.77 bits per heavy atom. The summed E-state index contributed by atoms with van der Waals surface area (Å²) in [4.78, 5) is 23.3. The number of halogens is 4. The number of aryl methyl sites for hydroxylation is 1. The van der Waals surface area contributed by atoms with Crippen molar-refractivity contribution in [3.63, 3.8) is 0 Å². The van der Waals surface area contributed by atoms with Gasteiger partial charge in [0.15, 0.2) is 0 Å². The van der Waals surface area contributed by atoms with Crippen LogP contribution < -0.4 is 5.32 Å².